The van der Waals surface area contributed by atoms with Gasteiger partial charge in [-0.25, -0.2) is 8.78 Å². The summed E-state index contributed by atoms with van der Waals surface area (Å²) in [6, 6.07) is 0. The number of unbranched alkanes of at least 4 members (excludes halogenated alkanes) is 1. The number of ether oxygens (including phenoxy) is 1. The average Bonchev–Trinajstić information content (AvgIpc) is 2.57. The van der Waals surface area contributed by atoms with E-state index in [1.54, 1.807) is 6.92 Å². The van der Waals surface area contributed by atoms with Crippen LogP contribution >= 0.6 is 0 Å². The van der Waals surface area contributed by atoms with Gasteiger partial charge in [-0.2, -0.15) is 0 Å². The monoisotopic (exact) mass is 332 g/mol. The van der Waals surface area contributed by atoms with Crippen LogP contribution in [0.4, 0.5) is 8.78 Å². The molecule has 0 aromatic rings. The van der Waals surface area contributed by atoms with Gasteiger partial charge in [0.1, 0.15) is 6.17 Å². The molecule has 2 aliphatic rings. The Morgan fingerprint density at radius 3 is 2.30 bits per heavy atom. The molecule has 0 aromatic heterocycles. The molecule has 0 aromatic carbocycles. The van der Waals surface area contributed by atoms with Gasteiger partial charge in [-0.1, -0.05) is 39.0 Å². The topological polar surface area (TPSA) is 29.5 Å². The van der Waals surface area contributed by atoms with E-state index in [4.69, 9.17) is 4.74 Å². The number of alkyl halides is 2. The van der Waals surface area contributed by atoms with E-state index < -0.39 is 30.5 Å². The highest BCUT2D eigenvalue weighted by molar-refractivity contribution is 4.94. The minimum Gasteiger partial charge on any atom is -0.392 e. The first-order valence-electron chi connectivity index (χ1n) is 9.66. The molecular formula is C19H34F2O2. The molecule has 23 heavy (non-hydrogen) atoms. The first-order chi connectivity index (χ1) is 11.1. The molecule has 4 heteroatoms. The maximum Gasteiger partial charge on any atom is 0.157 e. The Morgan fingerprint density at radius 2 is 1.70 bits per heavy atom. The van der Waals surface area contributed by atoms with E-state index >= 15 is 0 Å². The van der Waals surface area contributed by atoms with Gasteiger partial charge in [0, 0.05) is 12.5 Å². The number of halogens is 2. The smallest absolute Gasteiger partial charge is 0.157 e. The Kier molecular flexibility index (Phi) is 7.74. The average molecular weight is 332 g/mol. The van der Waals surface area contributed by atoms with Crippen molar-refractivity contribution in [3.05, 3.63) is 0 Å². The summed E-state index contributed by atoms with van der Waals surface area (Å²) in [5, 5.41) is 10.6. The van der Waals surface area contributed by atoms with Gasteiger partial charge in [0.15, 0.2) is 6.17 Å². The van der Waals surface area contributed by atoms with Crippen LogP contribution < -0.4 is 0 Å². The van der Waals surface area contributed by atoms with Crippen LogP contribution in [-0.2, 0) is 4.74 Å². The summed E-state index contributed by atoms with van der Waals surface area (Å²) in [7, 11) is 0. The summed E-state index contributed by atoms with van der Waals surface area (Å²) < 4.78 is 33.9. The van der Waals surface area contributed by atoms with Gasteiger partial charge in [-0.05, 0) is 44.4 Å². The third kappa shape index (κ3) is 4.88. The van der Waals surface area contributed by atoms with Crippen molar-refractivity contribution in [3.8, 4) is 0 Å². The fourth-order valence-corrected chi connectivity index (χ4v) is 4.53. The summed E-state index contributed by atoms with van der Waals surface area (Å²) in [5.41, 5.74) is 0. The Bertz CT molecular complexity index is 331. The summed E-state index contributed by atoms with van der Waals surface area (Å²) >= 11 is 0. The molecule has 0 radical (unpaired) electrons. The molecule has 0 spiro atoms. The third-order valence-electron chi connectivity index (χ3n) is 6.01. The van der Waals surface area contributed by atoms with E-state index in [0.29, 0.717) is 19.4 Å². The van der Waals surface area contributed by atoms with Crippen molar-refractivity contribution < 1.29 is 18.6 Å². The molecular weight excluding hydrogens is 298 g/mol. The Hall–Kier alpha value is -0.220. The maximum absolute atomic E-state index is 14.4. The van der Waals surface area contributed by atoms with Crippen LogP contribution in [0.5, 0.6) is 0 Å². The van der Waals surface area contributed by atoms with Crippen LogP contribution in [-0.4, -0.2) is 36.3 Å². The van der Waals surface area contributed by atoms with E-state index in [1.807, 2.05) is 0 Å². The zero-order valence-electron chi connectivity index (χ0n) is 14.7. The quantitative estimate of drug-likeness (QED) is 0.723. The van der Waals surface area contributed by atoms with Crippen LogP contribution in [0, 0.1) is 17.8 Å². The number of aliphatic hydroxyl groups is 1. The van der Waals surface area contributed by atoms with E-state index in [1.165, 1.54) is 19.3 Å². The highest BCUT2D eigenvalue weighted by Gasteiger charge is 2.45. The number of hydrogen-bond acceptors (Lipinski definition) is 2. The third-order valence-corrected chi connectivity index (χ3v) is 6.01. The van der Waals surface area contributed by atoms with Crippen LogP contribution in [0.2, 0.25) is 0 Å². The maximum atomic E-state index is 14.4. The number of aliphatic hydroxyl groups excluding tert-OH is 1. The molecule has 0 saturated heterocycles. The van der Waals surface area contributed by atoms with Crippen LogP contribution in [0.1, 0.15) is 71.6 Å². The molecule has 1 N–H and O–H groups in total. The molecule has 0 heterocycles. The lowest BCUT2D eigenvalue weighted by molar-refractivity contribution is -0.106. The standard InChI is InChI=1S/C19H34F2O2/c1-3-5-6-13-7-9-14(10-8-13)19(22)15-11-12-16(23-4-2)18(21)17(15)20/h13-19,22H,3-12H2,1-2H3. The van der Waals surface area contributed by atoms with Gasteiger partial charge >= 0.3 is 0 Å². The van der Waals surface area contributed by atoms with Crippen molar-refractivity contribution >= 4 is 0 Å². The number of rotatable bonds is 7. The minimum absolute atomic E-state index is 0.145. The summed E-state index contributed by atoms with van der Waals surface area (Å²) in [4.78, 5) is 0. The van der Waals surface area contributed by atoms with Crippen molar-refractivity contribution in [1.82, 2.24) is 0 Å². The van der Waals surface area contributed by atoms with Crippen molar-refractivity contribution in [2.45, 2.75) is 96.2 Å². The van der Waals surface area contributed by atoms with Crippen molar-refractivity contribution in [2.24, 2.45) is 17.8 Å². The normalized spacial score (nSPS) is 40.0. The van der Waals surface area contributed by atoms with Crippen LogP contribution in [0.15, 0.2) is 0 Å². The highest BCUT2D eigenvalue weighted by Crippen LogP contribution is 2.40. The lowest BCUT2D eigenvalue weighted by Gasteiger charge is -2.41. The molecule has 136 valence electrons. The fourth-order valence-electron chi connectivity index (χ4n) is 4.53. The second-order valence-corrected chi connectivity index (χ2v) is 7.54. The summed E-state index contributed by atoms with van der Waals surface area (Å²) in [6.45, 7) is 4.42. The lowest BCUT2D eigenvalue weighted by atomic mass is 9.71. The Balaban J connectivity index is 1.83. The molecule has 2 fully saturated rings. The lowest BCUT2D eigenvalue weighted by Crippen LogP contribution is -2.48. The van der Waals surface area contributed by atoms with Gasteiger partial charge < -0.3 is 9.84 Å². The zero-order valence-corrected chi connectivity index (χ0v) is 14.7. The molecule has 0 bridgehead atoms. The zero-order chi connectivity index (χ0) is 16.8. The van der Waals surface area contributed by atoms with Crippen molar-refractivity contribution in [1.29, 1.82) is 0 Å². The van der Waals surface area contributed by atoms with Gasteiger partial charge in [-0.15, -0.1) is 0 Å². The minimum atomic E-state index is -1.59. The predicted molar refractivity (Wildman–Crippen MR) is 88.9 cm³/mol. The molecule has 5 atom stereocenters. The number of hydrogen-bond donors (Lipinski definition) is 1. The SMILES string of the molecule is CCCCC1CCC(C(O)C2CCC(OCC)C(F)C2F)CC1. The van der Waals surface area contributed by atoms with E-state index in [-0.39, 0.29) is 5.92 Å². The molecule has 0 amide bonds. The second-order valence-electron chi connectivity index (χ2n) is 7.54. The van der Waals surface area contributed by atoms with Crippen molar-refractivity contribution in [3.63, 3.8) is 0 Å². The van der Waals surface area contributed by atoms with Crippen LogP contribution in [0.25, 0.3) is 0 Å². The molecule has 2 rings (SSSR count). The van der Waals surface area contributed by atoms with E-state index in [2.05, 4.69) is 6.92 Å². The first-order valence-corrected chi connectivity index (χ1v) is 9.66. The summed E-state index contributed by atoms with van der Waals surface area (Å²) in [6.07, 6.45) is 4.50. The largest absolute Gasteiger partial charge is 0.392 e. The van der Waals surface area contributed by atoms with Gasteiger partial charge in [0.25, 0.3) is 0 Å². The molecule has 2 saturated carbocycles. The van der Waals surface area contributed by atoms with Gasteiger partial charge in [0.05, 0.1) is 12.2 Å². The second kappa shape index (κ2) is 9.31. The molecule has 2 nitrogen and oxygen atoms in total. The molecule has 5 unspecified atom stereocenters. The first kappa shape index (κ1) is 19.1. The van der Waals surface area contributed by atoms with Crippen LogP contribution in [0.3, 0.4) is 0 Å². The highest BCUT2D eigenvalue weighted by atomic mass is 19.2. The summed E-state index contributed by atoms with van der Waals surface area (Å²) in [5.74, 6) is 0.355. The molecule has 0 aliphatic heterocycles. The van der Waals surface area contributed by atoms with Crippen molar-refractivity contribution in [2.75, 3.05) is 6.61 Å². The van der Waals surface area contributed by atoms with Gasteiger partial charge in [-0.3, -0.25) is 0 Å². The fraction of sp³-hybridized carbons (Fsp3) is 1.00. The van der Waals surface area contributed by atoms with E-state index in [0.717, 1.165) is 31.6 Å². The van der Waals surface area contributed by atoms with Gasteiger partial charge in [0.2, 0.25) is 0 Å². The van der Waals surface area contributed by atoms with E-state index in [9.17, 15) is 13.9 Å². The Labute approximate surface area is 140 Å². The predicted octanol–water partition coefficient (Wildman–Crippen LogP) is 4.84. The molecule has 2 aliphatic carbocycles. The Morgan fingerprint density at radius 1 is 1.00 bits per heavy atom.